The van der Waals surface area contributed by atoms with E-state index in [1.807, 2.05) is 0 Å². The van der Waals surface area contributed by atoms with Crippen molar-refractivity contribution in [3.63, 3.8) is 0 Å². The summed E-state index contributed by atoms with van der Waals surface area (Å²) in [5.41, 5.74) is -0.265. The molecule has 0 saturated heterocycles. The molecule has 0 bridgehead atoms. The van der Waals surface area contributed by atoms with Crippen LogP contribution in [0.25, 0.3) is 0 Å². The summed E-state index contributed by atoms with van der Waals surface area (Å²) in [7, 11) is 0. The van der Waals surface area contributed by atoms with Crippen molar-refractivity contribution >= 4 is 5.97 Å². The summed E-state index contributed by atoms with van der Waals surface area (Å²) < 4.78 is 42.6. The van der Waals surface area contributed by atoms with E-state index in [9.17, 15) is 18.0 Å². The van der Waals surface area contributed by atoms with Gasteiger partial charge in [-0.25, -0.2) is 0 Å². The summed E-state index contributed by atoms with van der Waals surface area (Å²) in [6.45, 7) is 1.59. The van der Waals surface area contributed by atoms with Gasteiger partial charge < -0.3 is 4.74 Å². The number of carbonyl (C=O) groups is 1. The molecule has 21 heavy (non-hydrogen) atoms. The predicted molar refractivity (Wildman–Crippen MR) is 71.9 cm³/mol. The molecule has 0 saturated carbocycles. The molecule has 5 heteroatoms. The Balaban J connectivity index is 2.09. The summed E-state index contributed by atoms with van der Waals surface area (Å²) in [5.74, 6) is -0.755. The van der Waals surface area contributed by atoms with Gasteiger partial charge in [-0.3, -0.25) is 4.79 Å². The molecule has 0 radical (unpaired) electrons. The number of benzene rings is 2. The van der Waals surface area contributed by atoms with Crippen LogP contribution in [-0.4, -0.2) is 5.97 Å². The van der Waals surface area contributed by atoms with Gasteiger partial charge in [0.15, 0.2) is 0 Å². The SMILES string of the molecule is C[C@@H](C(=O)Oc1ccccc1)c1ccc(C(F)(F)F)cc1. The monoisotopic (exact) mass is 294 g/mol. The quantitative estimate of drug-likeness (QED) is 0.619. The molecule has 0 aromatic heterocycles. The van der Waals surface area contributed by atoms with Crippen LogP contribution in [0.15, 0.2) is 54.6 Å². The molecular weight excluding hydrogens is 281 g/mol. The average molecular weight is 294 g/mol. The first-order valence-corrected chi connectivity index (χ1v) is 6.32. The Morgan fingerprint density at radius 3 is 2.10 bits per heavy atom. The molecule has 2 nitrogen and oxygen atoms in total. The molecule has 0 fully saturated rings. The van der Waals surface area contributed by atoms with Crippen molar-refractivity contribution in [1.82, 2.24) is 0 Å². The third kappa shape index (κ3) is 3.84. The lowest BCUT2D eigenvalue weighted by atomic mass is 10.00. The second-order valence-corrected chi connectivity index (χ2v) is 4.58. The second-order valence-electron chi connectivity index (χ2n) is 4.58. The van der Waals surface area contributed by atoms with Gasteiger partial charge in [-0.2, -0.15) is 13.2 Å². The molecule has 0 N–H and O–H groups in total. The Kier molecular flexibility index (Phi) is 4.31. The first kappa shape index (κ1) is 15.1. The zero-order chi connectivity index (χ0) is 15.5. The number of hydrogen-bond donors (Lipinski definition) is 0. The van der Waals surface area contributed by atoms with E-state index in [2.05, 4.69) is 0 Å². The van der Waals surface area contributed by atoms with Crippen LogP contribution in [0.2, 0.25) is 0 Å². The van der Waals surface area contributed by atoms with Crippen molar-refractivity contribution in [2.24, 2.45) is 0 Å². The van der Waals surface area contributed by atoms with Gasteiger partial charge >= 0.3 is 12.1 Å². The molecule has 0 heterocycles. The van der Waals surface area contributed by atoms with Gasteiger partial charge in [-0.05, 0) is 36.8 Å². The highest BCUT2D eigenvalue weighted by molar-refractivity contribution is 5.79. The maximum atomic E-state index is 12.5. The Bertz CT molecular complexity index is 604. The minimum Gasteiger partial charge on any atom is -0.426 e. The van der Waals surface area contributed by atoms with Crippen LogP contribution in [0, 0.1) is 0 Å². The maximum absolute atomic E-state index is 12.5. The lowest BCUT2D eigenvalue weighted by molar-refractivity contribution is -0.137. The Morgan fingerprint density at radius 2 is 1.57 bits per heavy atom. The highest BCUT2D eigenvalue weighted by Crippen LogP contribution is 2.30. The van der Waals surface area contributed by atoms with Crippen molar-refractivity contribution in [2.75, 3.05) is 0 Å². The molecule has 0 unspecified atom stereocenters. The first-order chi connectivity index (χ1) is 9.88. The molecule has 0 spiro atoms. The van der Waals surface area contributed by atoms with Gasteiger partial charge in [0, 0.05) is 0 Å². The van der Waals surface area contributed by atoms with Crippen LogP contribution in [0.3, 0.4) is 0 Å². The van der Waals surface area contributed by atoms with E-state index in [0.29, 0.717) is 11.3 Å². The minimum atomic E-state index is -4.38. The van der Waals surface area contributed by atoms with Crippen molar-refractivity contribution in [1.29, 1.82) is 0 Å². The number of rotatable bonds is 3. The number of hydrogen-bond acceptors (Lipinski definition) is 2. The summed E-state index contributed by atoms with van der Waals surface area (Å²) in [6.07, 6.45) is -4.38. The summed E-state index contributed by atoms with van der Waals surface area (Å²) in [5, 5.41) is 0. The van der Waals surface area contributed by atoms with Crippen molar-refractivity contribution in [2.45, 2.75) is 19.0 Å². The largest absolute Gasteiger partial charge is 0.426 e. The van der Waals surface area contributed by atoms with Crippen LogP contribution in [0.1, 0.15) is 24.0 Å². The van der Waals surface area contributed by atoms with E-state index in [0.717, 1.165) is 12.1 Å². The number of carbonyl (C=O) groups excluding carboxylic acids is 1. The first-order valence-electron chi connectivity index (χ1n) is 6.32. The molecular formula is C16H13F3O2. The average Bonchev–Trinajstić information content (AvgIpc) is 2.46. The van der Waals surface area contributed by atoms with Crippen LogP contribution >= 0.6 is 0 Å². The van der Waals surface area contributed by atoms with Gasteiger partial charge in [0.05, 0.1) is 11.5 Å². The van der Waals surface area contributed by atoms with Crippen LogP contribution < -0.4 is 4.74 Å². The molecule has 2 aromatic carbocycles. The lowest BCUT2D eigenvalue weighted by Crippen LogP contribution is -2.16. The van der Waals surface area contributed by atoms with E-state index < -0.39 is 23.6 Å². The Labute approximate surface area is 120 Å². The summed E-state index contributed by atoms with van der Waals surface area (Å²) in [6, 6.07) is 13.0. The molecule has 0 aliphatic carbocycles. The molecule has 0 aliphatic heterocycles. The fourth-order valence-electron chi connectivity index (χ4n) is 1.79. The minimum absolute atomic E-state index is 0.404. The normalized spacial score (nSPS) is 12.8. The number of para-hydroxylation sites is 1. The third-order valence-corrected chi connectivity index (χ3v) is 3.05. The summed E-state index contributed by atoms with van der Waals surface area (Å²) in [4.78, 5) is 12.0. The number of alkyl halides is 3. The lowest BCUT2D eigenvalue weighted by Gasteiger charge is -2.13. The third-order valence-electron chi connectivity index (χ3n) is 3.05. The predicted octanol–water partition coefficient (Wildman–Crippen LogP) is 4.41. The topological polar surface area (TPSA) is 26.3 Å². The van der Waals surface area contributed by atoms with Crippen molar-refractivity contribution < 1.29 is 22.7 Å². The molecule has 1 atom stereocenters. The fraction of sp³-hybridized carbons (Fsp3) is 0.188. The highest BCUT2D eigenvalue weighted by atomic mass is 19.4. The van der Waals surface area contributed by atoms with Gasteiger partial charge in [0.1, 0.15) is 5.75 Å². The maximum Gasteiger partial charge on any atom is 0.416 e. The van der Waals surface area contributed by atoms with Crippen molar-refractivity contribution in [3.8, 4) is 5.75 Å². The van der Waals surface area contributed by atoms with E-state index >= 15 is 0 Å². The molecule has 2 aromatic rings. The smallest absolute Gasteiger partial charge is 0.416 e. The van der Waals surface area contributed by atoms with E-state index in [1.54, 1.807) is 37.3 Å². The molecule has 0 amide bonds. The highest BCUT2D eigenvalue weighted by Gasteiger charge is 2.30. The second kappa shape index (κ2) is 5.99. The number of esters is 1. The van der Waals surface area contributed by atoms with Crippen LogP contribution in [0.4, 0.5) is 13.2 Å². The molecule has 2 rings (SSSR count). The van der Waals surface area contributed by atoms with Gasteiger partial charge in [-0.1, -0.05) is 30.3 Å². The Morgan fingerprint density at radius 1 is 1.00 bits per heavy atom. The summed E-state index contributed by atoms with van der Waals surface area (Å²) >= 11 is 0. The van der Waals surface area contributed by atoms with E-state index in [1.165, 1.54) is 12.1 Å². The molecule has 0 aliphatic rings. The van der Waals surface area contributed by atoms with Crippen molar-refractivity contribution in [3.05, 3.63) is 65.7 Å². The van der Waals surface area contributed by atoms with Gasteiger partial charge in [0.2, 0.25) is 0 Å². The standard InChI is InChI=1S/C16H13F3O2/c1-11(15(20)21-14-5-3-2-4-6-14)12-7-9-13(10-8-12)16(17,18)19/h2-11H,1H3/t11-/m1/s1. The Hall–Kier alpha value is -2.30. The molecule has 110 valence electrons. The van der Waals surface area contributed by atoms with Gasteiger partial charge in [-0.15, -0.1) is 0 Å². The van der Waals surface area contributed by atoms with Gasteiger partial charge in [0.25, 0.3) is 0 Å². The number of halogens is 3. The van der Waals surface area contributed by atoms with Crippen LogP contribution in [-0.2, 0) is 11.0 Å². The van der Waals surface area contributed by atoms with Crippen LogP contribution in [0.5, 0.6) is 5.75 Å². The fourth-order valence-corrected chi connectivity index (χ4v) is 1.79. The zero-order valence-electron chi connectivity index (χ0n) is 11.2. The van der Waals surface area contributed by atoms with E-state index in [-0.39, 0.29) is 0 Å². The van der Waals surface area contributed by atoms with E-state index in [4.69, 9.17) is 4.74 Å². The zero-order valence-corrected chi connectivity index (χ0v) is 11.2. The number of ether oxygens (including phenoxy) is 1.